The van der Waals surface area contributed by atoms with E-state index in [0.29, 0.717) is 22.4 Å². The highest BCUT2D eigenvalue weighted by Gasteiger charge is 2.17. The van der Waals surface area contributed by atoms with E-state index in [-0.39, 0.29) is 5.56 Å². The predicted molar refractivity (Wildman–Crippen MR) is 135 cm³/mol. The van der Waals surface area contributed by atoms with Gasteiger partial charge >= 0.3 is 5.63 Å². The number of carbonyl (C=O) groups is 1. The molecule has 0 radical (unpaired) electrons. The molecule has 1 N–H and O–H groups in total. The second kappa shape index (κ2) is 9.36. The molecule has 0 aliphatic carbocycles. The maximum absolute atomic E-state index is 12.8. The summed E-state index contributed by atoms with van der Waals surface area (Å²) in [5.74, 6) is 0.320. The molecule has 0 saturated carbocycles. The van der Waals surface area contributed by atoms with Crippen molar-refractivity contribution >= 4 is 44.3 Å². The number of fused-ring (bicyclic) bond motifs is 1. The zero-order chi connectivity index (χ0) is 23.7. The molecule has 9 heteroatoms. The van der Waals surface area contributed by atoms with E-state index in [2.05, 4.69) is 48.3 Å². The van der Waals surface area contributed by atoms with Crippen LogP contribution in [0.25, 0.3) is 22.2 Å². The van der Waals surface area contributed by atoms with E-state index in [1.54, 1.807) is 30.3 Å². The van der Waals surface area contributed by atoms with Crippen LogP contribution in [0.5, 0.6) is 0 Å². The first kappa shape index (κ1) is 22.2. The van der Waals surface area contributed by atoms with Gasteiger partial charge in [-0.15, -0.1) is 10.2 Å². The standard InChI is InChI=1S/C25H22BrN5O3/c1-30-9-11-31(12-10-30)23-8-6-21(28-29-23)16-3-2-4-19(14-16)27-24(32)20-15-17-13-18(26)5-7-22(17)34-25(20)33/h2-8,13-15H,9-12H2,1H3,(H,27,32). The van der Waals surface area contributed by atoms with Crippen molar-refractivity contribution in [1.82, 2.24) is 15.1 Å². The molecule has 2 aromatic heterocycles. The summed E-state index contributed by atoms with van der Waals surface area (Å²) in [6, 6.07) is 18.0. The average Bonchev–Trinajstić information content (AvgIpc) is 2.84. The topological polar surface area (TPSA) is 91.6 Å². The number of nitrogens with zero attached hydrogens (tertiary/aromatic N) is 4. The normalized spacial score (nSPS) is 14.4. The van der Waals surface area contributed by atoms with Gasteiger partial charge in [0.05, 0.1) is 5.69 Å². The summed E-state index contributed by atoms with van der Waals surface area (Å²) in [6.45, 7) is 3.84. The van der Waals surface area contributed by atoms with E-state index >= 15 is 0 Å². The minimum absolute atomic E-state index is 0.0627. The van der Waals surface area contributed by atoms with Gasteiger partial charge in [-0.1, -0.05) is 28.1 Å². The first-order chi connectivity index (χ1) is 16.5. The Balaban J connectivity index is 1.34. The number of anilines is 2. The van der Waals surface area contributed by atoms with Crippen molar-refractivity contribution in [2.24, 2.45) is 0 Å². The van der Waals surface area contributed by atoms with Crippen molar-refractivity contribution in [3.8, 4) is 11.3 Å². The summed E-state index contributed by atoms with van der Waals surface area (Å²) in [5, 5.41) is 12.2. The van der Waals surface area contributed by atoms with Gasteiger partial charge in [0.15, 0.2) is 5.82 Å². The molecule has 1 aliphatic rings. The van der Waals surface area contributed by atoms with E-state index in [4.69, 9.17) is 4.42 Å². The monoisotopic (exact) mass is 519 g/mol. The number of hydrogen-bond acceptors (Lipinski definition) is 7. The third-order valence-electron chi connectivity index (χ3n) is 5.83. The molecule has 3 heterocycles. The molecule has 5 rings (SSSR count). The maximum atomic E-state index is 12.8. The van der Waals surface area contributed by atoms with Gasteiger partial charge in [-0.05, 0) is 55.6 Å². The third kappa shape index (κ3) is 4.71. The molecule has 1 amide bonds. The number of halogens is 1. The number of carbonyl (C=O) groups excluding carboxylic acids is 1. The van der Waals surface area contributed by atoms with Gasteiger partial charge in [-0.25, -0.2) is 4.79 Å². The SMILES string of the molecule is CN1CCN(c2ccc(-c3cccc(NC(=O)c4cc5cc(Br)ccc5oc4=O)c3)nn2)CC1. The Morgan fingerprint density at radius 1 is 1.00 bits per heavy atom. The Morgan fingerprint density at radius 2 is 1.82 bits per heavy atom. The fourth-order valence-corrected chi connectivity index (χ4v) is 4.27. The molecular weight excluding hydrogens is 498 g/mol. The van der Waals surface area contributed by atoms with Crippen molar-refractivity contribution in [1.29, 1.82) is 0 Å². The van der Waals surface area contributed by atoms with Crippen molar-refractivity contribution in [2.45, 2.75) is 0 Å². The van der Waals surface area contributed by atoms with Gasteiger partial charge in [-0.2, -0.15) is 0 Å². The second-order valence-corrected chi connectivity index (χ2v) is 9.15. The van der Waals surface area contributed by atoms with Gasteiger partial charge in [0.1, 0.15) is 11.1 Å². The van der Waals surface area contributed by atoms with Crippen molar-refractivity contribution in [3.05, 3.63) is 81.1 Å². The van der Waals surface area contributed by atoms with E-state index in [1.807, 2.05) is 24.3 Å². The minimum atomic E-state index is -0.686. The van der Waals surface area contributed by atoms with Crippen LogP contribution in [-0.4, -0.2) is 54.2 Å². The lowest BCUT2D eigenvalue weighted by Gasteiger charge is -2.32. The van der Waals surface area contributed by atoms with E-state index < -0.39 is 11.5 Å². The quantitative estimate of drug-likeness (QED) is 0.407. The Morgan fingerprint density at radius 3 is 2.59 bits per heavy atom. The maximum Gasteiger partial charge on any atom is 0.349 e. The molecule has 0 spiro atoms. The van der Waals surface area contributed by atoms with Gasteiger partial charge in [0, 0.05) is 47.3 Å². The van der Waals surface area contributed by atoms with Crippen molar-refractivity contribution in [2.75, 3.05) is 43.4 Å². The number of piperazine rings is 1. The summed E-state index contributed by atoms with van der Waals surface area (Å²) >= 11 is 3.39. The largest absolute Gasteiger partial charge is 0.422 e. The summed E-state index contributed by atoms with van der Waals surface area (Å²) in [6.07, 6.45) is 0. The average molecular weight is 520 g/mol. The number of aromatic nitrogens is 2. The molecule has 0 atom stereocenters. The number of rotatable bonds is 4. The molecule has 0 bridgehead atoms. The highest BCUT2D eigenvalue weighted by Crippen LogP contribution is 2.23. The first-order valence-corrected chi connectivity index (χ1v) is 11.7. The number of likely N-dealkylation sites (N-methyl/N-ethyl adjacent to an activating group) is 1. The fraction of sp³-hybridized carbons (Fsp3) is 0.200. The number of benzene rings is 2. The number of nitrogens with one attached hydrogen (secondary N) is 1. The Bertz CT molecular complexity index is 1410. The van der Waals surface area contributed by atoms with Gasteiger partial charge in [-0.3, -0.25) is 4.79 Å². The molecule has 8 nitrogen and oxygen atoms in total. The molecule has 1 aliphatic heterocycles. The van der Waals surface area contributed by atoms with Crippen LogP contribution in [0.2, 0.25) is 0 Å². The second-order valence-electron chi connectivity index (χ2n) is 8.23. The number of hydrogen-bond donors (Lipinski definition) is 1. The Kier molecular flexibility index (Phi) is 6.12. The fourth-order valence-electron chi connectivity index (χ4n) is 3.89. The zero-order valence-electron chi connectivity index (χ0n) is 18.5. The van der Waals surface area contributed by atoms with Crippen LogP contribution in [-0.2, 0) is 0 Å². The first-order valence-electron chi connectivity index (χ1n) is 10.9. The van der Waals surface area contributed by atoms with Crippen molar-refractivity contribution < 1.29 is 9.21 Å². The lowest BCUT2D eigenvalue weighted by Crippen LogP contribution is -2.44. The van der Waals surface area contributed by atoms with Crippen molar-refractivity contribution in [3.63, 3.8) is 0 Å². The van der Waals surface area contributed by atoms with Crippen LogP contribution in [0.4, 0.5) is 11.5 Å². The van der Waals surface area contributed by atoms with Gasteiger partial charge in [0.2, 0.25) is 0 Å². The summed E-state index contributed by atoms with van der Waals surface area (Å²) in [5.41, 5.74) is 1.72. The summed E-state index contributed by atoms with van der Waals surface area (Å²) in [4.78, 5) is 29.7. The number of amides is 1. The smallest absolute Gasteiger partial charge is 0.349 e. The molecule has 172 valence electrons. The van der Waals surface area contributed by atoms with E-state index in [0.717, 1.165) is 42.0 Å². The van der Waals surface area contributed by atoms with E-state index in [9.17, 15) is 9.59 Å². The van der Waals surface area contributed by atoms with Crippen LogP contribution < -0.4 is 15.8 Å². The summed E-state index contributed by atoms with van der Waals surface area (Å²) in [7, 11) is 2.11. The van der Waals surface area contributed by atoms with Crippen LogP contribution >= 0.6 is 15.9 Å². The molecule has 4 aromatic rings. The Hall–Kier alpha value is -3.56. The van der Waals surface area contributed by atoms with E-state index in [1.165, 1.54) is 6.07 Å². The predicted octanol–water partition coefficient (Wildman–Crippen LogP) is 4.02. The molecule has 2 aromatic carbocycles. The molecule has 34 heavy (non-hydrogen) atoms. The molecular formula is C25H22BrN5O3. The van der Waals surface area contributed by atoms with Crippen LogP contribution in [0.3, 0.4) is 0 Å². The lowest BCUT2D eigenvalue weighted by molar-refractivity contribution is 0.102. The molecule has 1 saturated heterocycles. The van der Waals surface area contributed by atoms with Crippen LogP contribution in [0.1, 0.15) is 10.4 Å². The zero-order valence-corrected chi connectivity index (χ0v) is 20.1. The highest BCUT2D eigenvalue weighted by molar-refractivity contribution is 9.10. The molecule has 1 fully saturated rings. The van der Waals surface area contributed by atoms with Crippen LogP contribution in [0.15, 0.2) is 74.3 Å². The third-order valence-corrected chi connectivity index (χ3v) is 6.33. The summed E-state index contributed by atoms with van der Waals surface area (Å²) < 4.78 is 6.13. The highest BCUT2D eigenvalue weighted by atomic mass is 79.9. The van der Waals surface area contributed by atoms with Gasteiger partial charge < -0.3 is 19.5 Å². The lowest BCUT2D eigenvalue weighted by atomic mass is 10.1. The Labute approximate surface area is 204 Å². The minimum Gasteiger partial charge on any atom is -0.422 e. The molecule has 0 unspecified atom stereocenters. The van der Waals surface area contributed by atoms with Crippen LogP contribution in [0, 0.1) is 0 Å². The van der Waals surface area contributed by atoms with Gasteiger partial charge in [0.25, 0.3) is 5.91 Å².